The van der Waals surface area contributed by atoms with Gasteiger partial charge in [0.05, 0.1) is 5.56 Å². The molecule has 2 aliphatic rings. The van der Waals surface area contributed by atoms with Crippen molar-refractivity contribution in [3.63, 3.8) is 0 Å². The maximum Gasteiger partial charge on any atom is 0.339 e. The third kappa shape index (κ3) is 3.54. The van der Waals surface area contributed by atoms with E-state index in [1.54, 1.807) is 19.1 Å². The second-order valence-corrected chi connectivity index (χ2v) is 7.50. The van der Waals surface area contributed by atoms with Gasteiger partial charge in [-0.15, -0.1) is 0 Å². The Balaban J connectivity index is 1.46. The highest BCUT2D eigenvalue weighted by molar-refractivity contribution is 6.02. The number of piperidine rings is 1. The topological polar surface area (TPSA) is 58.6 Å². The van der Waals surface area contributed by atoms with Crippen LogP contribution >= 0.6 is 0 Å². The molecule has 5 heteroatoms. The quantitative estimate of drug-likeness (QED) is 0.842. The number of amides is 1. The number of cyclic esters (lactones) is 1. The molecule has 140 valence electrons. The minimum absolute atomic E-state index is 0.309. The van der Waals surface area contributed by atoms with Crippen molar-refractivity contribution in [2.75, 3.05) is 23.3 Å². The lowest BCUT2D eigenvalue weighted by atomic mass is 9.89. The van der Waals surface area contributed by atoms with Crippen LogP contribution in [0.15, 0.2) is 48.5 Å². The van der Waals surface area contributed by atoms with Crippen LogP contribution in [-0.4, -0.2) is 30.6 Å². The first-order valence-electron chi connectivity index (χ1n) is 9.53. The Hall–Kier alpha value is -2.82. The molecule has 4 rings (SSSR count). The molecule has 0 spiro atoms. The van der Waals surface area contributed by atoms with E-state index in [9.17, 15) is 9.59 Å². The molecular weight excluding hydrogens is 340 g/mol. The van der Waals surface area contributed by atoms with Crippen LogP contribution in [-0.2, 0) is 16.0 Å². The van der Waals surface area contributed by atoms with Gasteiger partial charge in [0.2, 0.25) is 0 Å². The normalized spacial score (nSPS) is 22.0. The number of nitrogens with one attached hydrogen (secondary N) is 1. The van der Waals surface area contributed by atoms with E-state index in [4.69, 9.17) is 4.74 Å². The van der Waals surface area contributed by atoms with Crippen molar-refractivity contribution >= 4 is 23.3 Å². The largest absolute Gasteiger partial charge is 0.445 e. The van der Waals surface area contributed by atoms with Gasteiger partial charge in [-0.2, -0.15) is 0 Å². The highest BCUT2D eigenvalue weighted by atomic mass is 16.6. The number of carbonyl (C=O) groups excluding carboxylic acids is 2. The lowest BCUT2D eigenvalue weighted by Gasteiger charge is -2.33. The molecule has 1 atom stereocenters. The van der Waals surface area contributed by atoms with Crippen molar-refractivity contribution in [2.45, 2.75) is 38.2 Å². The maximum atomic E-state index is 12.8. The molecule has 1 fully saturated rings. The zero-order valence-corrected chi connectivity index (χ0v) is 15.5. The number of fused-ring (bicyclic) bond motifs is 1. The molecule has 0 aliphatic carbocycles. The molecule has 2 aliphatic heterocycles. The first-order valence-corrected chi connectivity index (χ1v) is 9.53. The number of ether oxygens (including phenoxy) is 1. The Morgan fingerprint density at radius 3 is 2.48 bits per heavy atom. The molecule has 2 aromatic rings. The van der Waals surface area contributed by atoms with Crippen LogP contribution in [0.1, 0.15) is 42.1 Å². The van der Waals surface area contributed by atoms with Crippen molar-refractivity contribution in [3.8, 4) is 0 Å². The Morgan fingerprint density at radius 2 is 1.74 bits per heavy atom. The van der Waals surface area contributed by atoms with Crippen LogP contribution in [0.5, 0.6) is 0 Å². The Morgan fingerprint density at radius 1 is 1.04 bits per heavy atom. The number of rotatable bonds is 3. The second kappa shape index (κ2) is 7.06. The molecule has 1 N–H and O–H groups in total. The fourth-order valence-corrected chi connectivity index (χ4v) is 3.83. The summed E-state index contributed by atoms with van der Waals surface area (Å²) in [6, 6.07) is 15.1. The fourth-order valence-electron chi connectivity index (χ4n) is 3.83. The van der Waals surface area contributed by atoms with Gasteiger partial charge < -0.3 is 15.0 Å². The molecule has 0 saturated carbocycles. The average Bonchev–Trinajstić information content (AvgIpc) is 2.69. The molecule has 5 nitrogen and oxygen atoms in total. The number of hydrogen-bond acceptors (Lipinski definition) is 4. The van der Waals surface area contributed by atoms with Crippen molar-refractivity contribution in [1.29, 1.82) is 0 Å². The predicted octanol–water partition coefficient (Wildman–Crippen LogP) is 3.79. The number of carbonyl (C=O) groups is 2. The van der Waals surface area contributed by atoms with Gasteiger partial charge in [0.25, 0.3) is 5.91 Å². The second-order valence-electron chi connectivity index (χ2n) is 7.50. The highest BCUT2D eigenvalue weighted by Gasteiger charge is 2.42. The summed E-state index contributed by atoms with van der Waals surface area (Å²) in [5.74, 6) is -0.758. The molecule has 0 unspecified atom stereocenters. The van der Waals surface area contributed by atoms with E-state index >= 15 is 0 Å². The number of hydrogen-bond donors (Lipinski definition) is 1. The number of benzene rings is 2. The summed E-state index contributed by atoms with van der Waals surface area (Å²) < 4.78 is 5.49. The number of nitrogens with zero attached hydrogens (tertiary/aromatic N) is 1. The van der Waals surface area contributed by atoms with E-state index in [-0.39, 0.29) is 5.91 Å². The summed E-state index contributed by atoms with van der Waals surface area (Å²) >= 11 is 0. The highest BCUT2D eigenvalue weighted by Crippen LogP contribution is 2.29. The van der Waals surface area contributed by atoms with Crippen LogP contribution < -0.4 is 10.2 Å². The lowest BCUT2D eigenvalue weighted by molar-refractivity contribution is -0.134. The molecule has 0 radical (unpaired) electrons. The zero-order valence-electron chi connectivity index (χ0n) is 15.5. The number of esters is 1. The molecule has 27 heavy (non-hydrogen) atoms. The lowest BCUT2D eigenvalue weighted by Crippen LogP contribution is -2.48. The van der Waals surface area contributed by atoms with Gasteiger partial charge in [0.15, 0.2) is 5.60 Å². The minimum Gasteiger partial charge on any atom is -0.445 e. The van der Waals surface area contributed by atoms with E-state index in [0.29, 0.717) is 17.7 Å². The third-order valence-corrected chi connectivity index (χ3v) is 5.41. The van der Waals surface area contributed by atoms with Gasteiger partial charge in [-0.3, -0.25) is 4.79 Å². The molecule has 0 aromatic heterocycles. The van der Waals surface area contributed by atoms with Gasteiger partial charge in [0, 0.05) is 30.9 Å². The maximum absolute atomic E-state index is 12.8. The monoisotopic (exact) mass is 364 g/mol. The van der Waals surface area contributed by atoms with E-state index < -0.39 is 11.6 Å². The molecular formula is C22H24N2O3. The van der Waals surface area contributed by atoms with E-state index in [1.807, 2.05) is 36.4 Å². The summed E-state index contributed by atoms with van der Waals surface area (Å²) in [5, 5.41) is 2.90. The Kier molecular flexibility index (Phi) is 4.60. The SMILES string of the molecule is C[C@@]1(C(=O)Nc2ccc(N3CCCCC3)cc2)Cc2ccccc2C(=O)O1. The van der Waals surface area contributed by atoms with Crippen LogP contribution in [0.4, 0.5) is 11.4 Å². The van der Waals surface area contributed by atoms with E-state index in [2.05, 4.69) is 10.2 Å². The molecule has 2 aromatic carbocycles. The van der Waals surface area contributed by atoms with Crippen LogP contribution in [0, 0.1) is 0 Å². The van der Waals surface area contributed by atoms with Crippen LogP contribution in [0.2, 0.25) is 0 Å². The first-order chi connectivity index (χ1) is 13.0. The Bertz CT molecular complexity index is 856. The van der Waals surface area contributed by atoms with Crippen molar-refractivity contribution in [1.82, 2.24) is 0 Å². The van der Waals surface area contributed by atoms with E-state index in [0.717, 1.165) is 18.7 Å². The van der Waals surface area contributed by atoms with Crippen molar-refractivity contribution < 1.29 is 14.3 Å². The predicted molar refractivity (Wildman–Crippen MR) is 105 cm³/mol. The standard InChI is InChI=1S/C22H24N2O3/c1-22(15-16-7-3-4-8-19(16)20(25)27-22)21(26)23-17-9-11-18(12-10-17)24-13-5-2-6-14-24/h3-4,7-12H,2,5-6,13-15H2,1H3,(H,23,26)/t22-/m0/s1. The Labute approximate surface area is 159 Å². The van der Waals surface area contributed by atoms with Crippen molar-refractivity contribution in [2.24, 2.45) is 0 Å². The zero-order chi connectivity index (χ0) is 18.9. The summed E-state index contributed by atoms with van der Waals surface area (Å²) in [7, 11) is 0. The average molecular weight is 364 g/mol. The van der Waals surface area contributed by atoms with E-state index in [1.165, 1.54) is 24.9 Å². The first kappa shape index (κ1) is 17.6. The van der Waals surface area contributed by atoms with Crippen LogP contribution in [0.25, 0.3) is 0 Å². The molecule has 1 saturated heterocycles. The summed E-state index contributed by atoms with van der Waals surface area (Å²) in [5.41, 5.74) is 2.05. The van der Waals surface area contributed by atoms with Gasteiger partial charge in [-0.1, -0.05) is 18.2 Å². The summed E-state index contributed by atoms with van der Waals surface area (Å²) in [4.78, 5) is 27.5. The third-order valence-electron chi connectivity index (χ3n) is 5.41. The van der Waals surface area contributed by atoms with Crippen molar-refractivity contribution in [3.05, 3.63) is 59.7 Å². The summed E-state index contributed by atoms with van der Waals surface area (Å²) in [6.07, 6.45) is 4.12. The molecule has 1 amide bonds. The van der Waals surface area contributed by atoms with Gasteiger partial charge >= 0.3 is 5.97 Å². The van der Waals surface area contributed by atoms with Crippen LogP contribution in [0.3, 0.4) is 0 Å². The summed E-state index contributed by atoms with van der Waals surface area (Å²) in [6.45, 7) is 3.83. The molecule has 0 bridgehead atoms. The molecule has 2 heterocycles. The fraction of sp³-hybridized carbons (Fsp3) is 0.364. The van der Waals surface area contributed by atoms with Gasteiger partial charge in [-0.25, -0.2) is 4.79 Å². The van der Waals surface area contributed by atoms with Gasteiger partial charge in [-0.05, 0) is 62.1 Å². The minimum atomic E-state index is -1.21. The smallest absolute Gasteiger partial charge is 0.339 e. The number of anilines is 2. The van der Waals surface area contributed by atoms with Gasteiger partial charge in [0.1, 0.15) is 0 Å².